The number of hydrogen-bond donors (Lipinski definition) is 1. The zero-order chi connectivity index (χ0) is 11.6. The van der Waals surface area contributed by atoms with Crippen molar-refractivity contribution in [1.82, 2.24) is 0 Å². The van der Waals surface area contributed by atoms with Crippen LogP contribution in [0.4, 0.5) is 5.69 Å². The van der Waals surface area contributed by atoms with Crippen LogP contribution in [0.25, 0.3) is 0 Å². The van der Waals surface area contributed by atoms with Gasteiger partial charge in [0.1, 0.15) is 5.41 Å². The van der Waals surface area contributed by atoms with Crippen LogP contribution < -0.4 is 5.73 Å². The molecule has 0 saturated carbocycles. The summed E-state index contributed by atoms with van der Waals surface area (Å²) in [5.41, 5.74) is 7.47. The van der Waals surface area contributed by atoms with Crippen molar-refractivity contribution in [1.29, 1.82) is 5.26 Å². The molecule has 1 saturated heterocycles. The van der Waals surface area contributed by atoms with Gasteiger partial charge in [-0.2, -0.15) is 5.26 Å². The molecule has 84 valence electrons. The lowest BCUT2D eigenvalue weighted by molar-refractivity contribution is -0.0765. The lowest BCUT2D eigenvalue weighted by Crippen LogP contribution is -2.43. The highest BCUT2D eigenvalue weighted by Gasteiger charge is 2.38. The minimum atomic E-state index is -0.314. The third kappa shape index (κ3) is 2.01. The summed E-state index contributed by atoms with van der Waals surface area (Å²) in [4.78, 5) is 1.07. The Balaban J connectivity index is 2.19. The van der Waals surface area contributed by atoms with E-state index in [4.69, 9.17) is 15.7 Å². The molecule has 0 radical (unpaired) electrons. The monoisotopic (exact) mass is 234 g/mol. The molecule has 1 aliphatic heterocycles. The fraction of sp³-hybridized carbons (Fsp3) is 0.417. The fourth-order valence-electron chi connectivity index (χ4n) is 1.81. The van der Waals surface area contributed by atoms with Gasteiger partial charge in [0, 0.05) is 10.6 Å². The summed E-state index contributed by atoms with van der Waals surface area (Å²) in [5.74, 6) is 0. The van der Waals surface area contributed by atoms with Crippen LogP contribution in [0.15, 0.2) is 23.1 Å². The van der Waals surface area contributed by atoms with Crippen molar-refractivity contribution in [2.75, 3.05) is 25.2 Å². The molecule has 4 heteroatoms. The van der Waals surface area contributed by atoms with E-state index in [2.05, 4.69) is 12.1 Å². The Hall–Kier alpha value is -1.18. The summed E-state index contributed by atoms with van der Waals surface area (Å²) in [7, 11) is 0. The molecule has 3 nitrogen and oxygen atoms in total. The molecule has 1 heterocycles. The van der Waals surface area contributed by atoms with Crippen LogP contribution in [0, 0.1) is 16.7 Å². The van der Waals surface area contributed by atoms with Crippen LogP contribution in [0.5, 0.6) is 0 Å². The molecule has 0 unspecified atom stereocenters. The number of ether oxygens (including phenoxy) is 1. The average Bonchev–Trinajstić information content (AvgIpc) is 2.25. The average molecular weight is 234 g/mol. The molecule has 0 atom stereocenters. The molecule has 0 spiro atoms. The van der Waals surface area contributed by atoms with Gasteiger partial charge < -0.3 is 10.5 Å². The number of nitrogens with two attached hydrogens (primary N) is 1. The highest BCUT2D eigenvalue weighted by atomic mass is 32.2. The van der Waals surface area contributed by atoms with E-state index in [-0.39, 0.29) is 5.41 Å². The SMILES string of the molecule is CSc1cc(CC2(C#N)COC2)ccc1N. The summed E-state index contributed by atoms with van der Waals surface area (Å²) in [6, 6.07) is 8.32. The molecule has 1 aromatic carbocycles. The molecule has 16 heavy (non-hydrogen) atoms. The highest BCUT2D eigenvalue weighted by Crippen LogP contribution is 2.33. The number of thioether (sulfide) groups is 1. The summed E-state index contributed by atoms with van der Waals surface area (Å²) < 4.78 is 5.13. The third-order valence-electron chi connectivity index (χ3n) is 2.83. The largest absolute Gasteiger partial charge is 0.398 e. The van der Waals surface area contributed by atoms with Crippen molar-refractivity contribution in [3.63, 3.8) is 0 Å². The normalized spacial score (nSPS) is 17.5. The van der Waals surface area contributed by atoms with Gasteiger partial charge in [-0.05, 0) is 30.4 Å². The van der Waals surface area contributed by atoms with E-state index in [1.54, 1.807) is 11.8 Å². The van der Waals surface area contributed by atoms with Crippen LogP contribution in [-0.4, -0.2) is 19.5 Å². The number of nitrogens with zero attached hydrogens (tertiary/aromatic N) is 1. The Kier molecular flexibility index (Phi) is 3.08. The third-order valence-corrected chi connectivity index (χ3v) is 3.63. The smallest absolute Gasteiger partial charge is 0.108 e. The molecule has 2 N–H and O–H groups in total. The maximum Gasteiger partial charge on any atom is 0.108 e. The Labute approximate surface area is 99.6 Å². The van der Waals surface area contributed by atoms with Crippen molar-refractivity contribution in [2.24, 2.45) is 5.41 Å². The molecule has 0 aromatic heterocycles. The maximum absolute atomic E-state index is 9.12. The molecule has 0 amide bonds. The van der Waals surface area contributed by atoms with E-state index in [1.165, 1.54) is 0 Å². The number of nitrogen functional groups attached to an aromatic ring is 1. The number of benzene rings is 1. The maximum atomic E-state index is 9.12. The Morgan fingerprint density at radius 3 is 2.81 bits per heavy atom. The van der Waals surface area contributed by atoms with E-state index in [1.807, 2.05) is 18.4 Å². The van der Waals surface area contributed by atoms with Gasteiger partial charge in [0.2, 0.25) is 0 Å². The van der Waals surface area contributed by atoms with E-state index < -0.39 is 0 Å². The molecule has 2 rings (SSSR count). The number of rotatable bonds is 3. The Bertz CT molecular complexity index is 435. The number of nitriles is 1. The van der Waals surface area contributed by atoms with Gasteiger partial charge in [-0.1, -0.05) is 6.07 Å². The summed E-state index contributed by atoms with van der Waals surface area (Å²) in [6.07, 6.45) is 2.75. The van der Waals surface area contributed by atoms with Crippen LogP contribution in [0.2, 0.25) is 0 Å². The minimum absolute atomic E-state index is 0.314. The highest BCUT2D eigenvalue weighted by molar-refractivity contribution is 7.98. The Morgan fingerprint density at radius 1 is 1.56 bits per heavy atom. The molecule has 1 fully saturated rings. The summed E-state index contributed by atoms with van der Waals surface area (Å²) >= 11 is 1.63. The van der Waals surface area contributed by atoms with Crippen LogP contribution in [-0.2, 0) is 11.2 Å². The second-order valence-corrected chi connectivity index (χ2v) is 4.99. The summed E-state index contributed by atoms with van der Waals surface area (Å²) in [5, 5.41) is 9.12. The standard InChI is InChI=1S/C12H14N2OS/c1-16-11-4-9(2-3-10(11)14)5-12(6-13)7-15-8-12/h2-4H,5,7-8,14H2,1H3. The van der Waals surface area contributed by atoms with Crippen LogP contribution in [0.3, 0.4) is 0 Å². The first kappa shape index (κ1) is 11.3. The van der Waals surface area contributed by atoms with Gasteiger partial charge in [0.25, 0.3) is 0 Å². The first-order valence-electron chi connectivity index (χ1n) is 5.10. The van der Waals surface area contributed by atoms with Crippen molar-refractivity contribution in [3.05, 3.63) is 23.8 Å². The van der Waals surface area contributed by atoms with Crippen molar-refractivity contribution < 1.29 is 4.74 Å². The van der Waals surface area contributed by atoms with Crippen molar-refractivity contribution >= 4 is 17.4 Å². The van der Waals surface area contributed by atoms with Crippen LogP contribution >= 0.6 is 11.8 Å². The molecule has 1 aliphatic rings. The van der Waals surface area contributed by atoms with Gasteiger partial charge in [-0.15, -0.1) is 11.8 Å². The topological polar surface area (TPSA) is 59.0 Å². The first-order chi connectivity index (χ1) is 7.69. The van der Waals surface area contributed by atoms with Gasteiger partial charge in [-0.25, -0.2) is 0 Å². The fourth-order valence-corrected chi connectivity index (χ4v) is 2.38. The molecule has 0 aliphatic carbocycles. The van der Waals surface area contributed by atoms with Gasteiger partial charge >= 0.3 is 0 Å². The first-order valence-corrected chi connectivity index (χ1v) is 6.33. The quantitative estimate of drug-likeness (QED) is 0.642. The lowest BCUT2D eigenvalue weighted by atomic mass is 9.81. The van der Waals surface area contributed by atoms with Crippen LogP contribution in [0.1, 0.15) is 5.56 Å². The lowest BCUT2D eigenvalue weighted by Gasteiger charge is -2.35. The molecule has 0 bridgehead atoms. The molecular weight excluding hydrogens is 220 g/mol. The minimum Gasteiger partial charge on any atom is -0.398 e. The van der Waals surface area contributed by atoms with E-state index in [9.17, 15) is 0 Å². The summed E-state index contributed by atoms with van der Waals surface area (Å²) in [6.45, 7) is 1.09. The van der Waals surface area contributed by atoms with E-state index >= 15 is 0 Å². The van der Waals surface area contributed by atoms with Gasteiger partial charge in [-0.3, -0.25) is 0 Å². The van der Waals surface area contributed by atoms with E-state index in [0.717, 1.165) is 22.6 Å². The zero-order valence-corrected chi connectivity index (χ0v) is 10.0. The number of hydrogen-bond acceptors (Lipinski definition) is 4. The van der Waals surface area contributed by atoms with E-state index in [0.29, 0.717) is 13.2 Å². The second kappa shape index (κ2) is 4.36. The zero-order valence-electron chi connectivity index (χ0n) is 9.19. The molecule has 1 aromatic rings. The predicted molar refractivity (Wildman–Crippen MR) is 65.2 cm³/mol. The predicted octanol–water partition coefficient (Wildman–Crippen LogP) is 2.07. The number of anilines is 1. The van der Waals surface area contributed by atoms with Gasteiger partial charge in [0.15, 0.2) is 0 Å². The molecular formula is C12H14N2OS. The second-order valence-electron chi connectivity index (χ2n) is 4.14. The van der Waals surface area contributed by atoms with Crippen molar-refractivity contribution in [3.8, 4) is 6.07 Å². The Morgan fingerprint density at radius 2 is 2.31 bits per heavy atom. The van der Waals surface area contributed by atoms with Gasteiger partial charge in [0.05, 0.1) is 19.3 Å². The van der Waals surface area contributed by atoms with Crippen molar-refractivity contribution in [2.45, 2.75) is 11.3 Å².